The lowest BCUT2D eigenvalue weighted by Gasteiger charge is -2.13. The molecule has 0 unspecified atom stereocenters. The molecule has 0 aliphatic heterocycles. The summed E-state index contributed by atoms with van der Waals surface area (Å²) in [6, 6.07) is 10.4. The van der Waals surface area contributed by atoms with E-state index in [9.17, 15) is 9.59 Å². The van der Waals surface area contributed by atoms with E-state index in [1.165, 1.54) is 20.3 Å². The van der Waals surface area contributed by atoms with Crippen LogP contribution in [0.5, 0.6) is 11.5 Å². The minimum atomic E-state index is -0.301. The molecule has 0 bridgehead atoms. The fraction of sp³-hybridized carbons (Fsp3) is 0.300. The minimum absolute atomic E-state index is 0.105. The highest BCUT2D eigenvalue weighted by atomic mass is 35.5. The normalized spacial score (nSPS) is 10.5. The fourth-order valence-electron chi connectivity index (χ4n) is 2.58. The number of rotatable bonds is 8. The lowest BCUT2D eigenvalue weighted by molar-refractivity contribution is -0.116. The number of ether oxygens (including phenoxy) is 2. The van der Waals surface area contributed by atoms with Crippen molar-refractivity contribution in [1.82, 2.24) is 10.2 Å². The average Bonchev–Trinajstić information content (AvgIpc) is 2.64. The molecule has 0 heterocycles. The van der Waals surface area contributed by atoms with Crippen LogP contribution in [0.25, 0.3) is 0 Å². The molecule has 0 aliphatic carbocycles. The third-order valence-electron chi connectivity index (χ3n) is 3.82. The van der Waals surface area contributed by atoms with Crippen LogP contribution in [0.4, 0.5) is 5.69 Å². The van der Waals surface area contributed by atoms with Gasteiger partial charge in [0.05, 0.1) is 25.8 Å². The number of amides is 2. The summed E-state index contributed by atoms with van der Waals surface area (Å²) in [6.45, 7) is 0.587. The summed E-state index contributed by atoms with van der Waals surface area (Å²) in [5, 5.41) is 5.95. The number of carbonyl (C=O) groups is 2. The smallest absolute Gasteiger partial charge is 0.251 e. The van der Waals surface area contributed by atoms with Gasteiger partial charge in [0.2, 0.25) is 5.91 Å². The number of benzene rings is 2. The summed E-state index contributed by atoms with van der Waals surface area (Å²) in [6.07, 6.45) is 0. The Bertz CT molecular complexity index is 855. The van der Waals surface area contributed by atoms with Gasteiger partial charge in [-0.3, -0.25) is 9.59 Å². The predicted molar refractivity (Wildman–Crippen MR) is 109 cm³/mol. The first-order chi connectivity index (χ1) is 13.3. The van der Waals surface area contributed by atoms with Crippen LogP contribution in [0.15, 0.2) is 36.4 Å². The molecule has 0 aliphatic rings. The summed E-state index contributed by atoms with van der Waals surface area (Å²) in [4.78, 5) is 26.1. The maximum Gasteiger partial charge on any atom is 0.251 e. The Balaban J connectivity index is 2.04. The first kappa shape index (κ1) is 21.5. The van der Waals surface area contributed by atoms with Crippen LogP contribution in [0.2, 0.25) is 5.02 Å². The van der Waals surface area contributed by atoms with Gasteiger partial charge in [0.1, 0.15) is 0 Å². The van der Waals surface area contributed by atoms with Gasteiger partial charge in [-0.05, 0) is 43.9 Å². The number of anilines is 1. The SMILES string of the molecule is COc1cc(C(=O)NCc2cccc(NC(=O)CN(C)C)c2)cc(Cl)c1OC. The van der Waals surface area contributed by atoms with E-state index in [0.717, 1.165) is 5.56 Å². The van der Waals surface area contributed by atoms with Crippen LogP contribution in [0.3, 0.4) is 0 Å². The lowest BCUT2D eigenvalue weighted by Crippen LogP contribution is -2.27. The Morgan fingerprint density at radius 3 is 2.50 bits per heavy atom. The Labute approximate surface area is 169 Å². The zero-order valence-corrected chi connectivity index (χ0v) is 17.1. The number of halogens is 1. The van der Waals surface area contributed by atoms with Gasteiger partial charge < -0.3 is 25.0 Å². The molecular formula is C20H24ClN3O4. The number of nitrogens with one attached hydrogen (secondary N) is 2. The molecule has 0 aromatic heterocycles. The number of methoxy groups -OCH3 is 2. The maximum atomic E-state index is 12.5. The van der Waals surface area contributed by atoms with Crippen molar-refractivity contribution in [3.05, 3.63) is 52.5 Å². The van der Waals surface area contributed by atoms with Gasteiger partial charge >= 0.3 is 0 Å². The van der Waals surface area contributed by atoms with Crippen molar-refractivity contribution in [2.45, 2.75) is 6.54 Å². The third-order valence-corrected chi connectivity index (χ3v) is 4.10. The molecule has 2 rings (SSSR count). The van der Waals surface area contributed by atoms with Gasteiger partial charge in [0, 0.05) is 17.8 Å². The fourth-order valence-corrected chi connectivity index (χ4v) is 2.87. The molecule has 0 spiro atoms. The molecule has 28 heavy (non-hydrogen) atoms. The Hall–Kier alpha value is -2.77. The van der Waals surface area contributed by atoms with E-state index >= 15 is 0 Å². The molecule has 0 saturated carbocycles. The van der Waals surface area contributed by atoms with Crippen LogP contribution >= 0.6 is 11.6 Å². The summed E-state index contributed by atoms with van der Waals surface area (Å²) in [7, 11) is 6.61. The second kappa shape index (κ2) is 9.96. The monoisotopic (exact) mass is 405 g/mol. The molecular weight excluding hydrogens is 382 g/mol. The highest BCUT2D eigenvalue weighted by molar-refractivity contribution is 6.32. The predicted octanol–water partition coefficient (Wildman–Crippen LogP) is 2.79. The van der Waals surface area contributed by atoms with Crippen molar-refractivity contribution in [1.29, 1.82) is 0 Å². The summed E-state index contributed by atoms with van der Waals surface area (Å²) in [5.41, 5.74) is 1.88. The largest absolute Gasteiger partial charge is 0.493 e. The van der Waals surface area contributed by atoms with Crippen LogP contribution in [0.1, 0.15) is 15.9 Å². The average molecular weight is 406 g/mol. The van der Waals surface area contributed by atoms with Crippen LogP contribution in [-0.4, -0.2) is 51.6 Å². The summed E-state index contributed by atoms with van der Waals surface area (Å²) < 4.78 is 10.4. The highest BCUT2D eigenvalue weighted by Crippen LogP contribution is 2.35. The lowest BCUT2D eigenvalue weighted by atomic mass is 10.1. The second-order valence-corrected chi connectivity index (χ2v) is 6.77. The zero-order chi connectivity index (χ0) is 20.7. The number of nitrogens with zero attached hydrogens (tertiary/aromatic N) is 1. The van der Waals surface area contributed by atoms with Crippen molar-refractivity contribution in [3.63, 3.8) is 0 Å². The van der Waals surface area contributed by atoms with E-state index in [-0.39, 0.29) is 16.8 Å². The van der Waals surface area contributed by atoms with Crippen molar-refractivity contribution < 1.29 is 19.1 Å². The van der Waals surface area contributed by atoms with E-state index in [2.05, 4.69) is 10.6 Å². The molecule has 150 valence electrons. The molecule has 0 atom stereocenters. The van der Waals surface area contributed by atoms with Gasteiger partial charge in [0.25, 0.3) is 5.91 Å². The van der Waals surface area contributed by atoms with E-state index < -0.39 is 0 Å². The molecule has 2 aromatic carbocycles. The quantitative estimate of drug-likeness (QED) is 0.706. The molecule has 2 aromatic rings. The molecule has 8 heteroatoms. The summed E-state index contributed by atoms with van der Waals surface area (Å²) >= 11 is 6.15. The molecule has 0 fully saturated rings. The maximum absolute atomic E-state index is 12.5. The molecule has 0 radical (unpaired) electrons. The topological polar surface area (TPSA) is 79.9 Å². The van der Waals surface area contributed by atoms with Gasteiger partial charge in [0.15, 0.2) is 11.5 Å². The standard InChI is InChI=1S/C20H24ClN3O4/c1-24(2)12-18(25)23-15-7-5-6-13(8-15)11-22-20(26)14-9-16(21)19(28-4)17(10-14)27-3/h5-10H,11-12H2,1-4H3,(H,22,26)(H,23,25). The van der Waals surface area contributed by atoms with Gasteiger partial charge in [-0.1, -0.05) is 23.7 Å². The van der Waals surface area contributed by atoms with Gasteiger partial charge in [-0.25, -0.2) is 0 Å². The minimum Gasteiger partial charge on any atom is -0.493 e. The molecule has 7 nitrogen and oxygen atoms in total. The Morgan fingerprint density at radius 2 is 1.86 bits per heavy atom. The van der Waals surface area contributed by atoms with E-state index in [4.69, 9.17) is 21.1 Å². The number of likely N-dealkylation sites (N-methyl/N-ethyl adjacent to an activating group) is 1. The van der Waals surface area contributed by atoms with Crippen molar-refractivity contribution in [2.75, 3.05) is 40.2 Å². The number of hydrogen-bond acceptors (Lipinski definition) is 5. The van der Waals surface area contributed by atoms with Gasteiger partial charge in [-0.2, -0.15) is 0 Å². The van der Waals surface area contributed by atoms with Crippen LogP contribution in [-0.2, 0) is 11.3 Å². The zero-order valence-electron chi connectivity index (χ0n) is 16.3. The number of carbonyl (C=O) groups excluding carboxylic acids is 2. The van der Waals surface area contributed by atoms with E-state index in [1.54, 1.807) is 17.0 Å². The highest BCUT2D eigenvalue weighted by Gasteiger charge is 2.15. The van der Waals surface area contributed by atoms with Crippen molar-refractivity contribution in [3.8, 4) is 11.5 Å². The van der Waals surface area contributed by atoms with Crippen LogP contribution < -0.4 is 20.1 Å². The second-order valence-electron chi connectivity index (χ2n) is 6.36. The van der Waals surface area contributed by atoms with Gasteiger partial charge in [-0.15, -0.1) is 0 Å². The first-order valence-corrected chi connectivity index (χ1v) is 8.95. The Morgan fingerprint density at radius 1 is 1.11 bits per heavy atom. The number of hydrogen-bond donors (Lipinski definition) is 2. The molecule has 2 amide bonds. The van der Waals surface area contributed by atoms with Crippen LogP contribution in [0, 0.1) is 0 Å². The van der Waals surface area contributed by atoms with E-state index in [1.807, 2.05) is 32.3 Å². The first-order valence-electron chi connectivity index (χ1n) is 8.57. The van der Waals surface area contributed by atoms with Crippen molar-refractivity contribution in [2.24, 2.45) is 0 Å². The van der Waals surface area contributed by atoms with E-state index in [0.29, 0.717) is 35.8 Å². The van der Waals surface area contributed by atoms with Crippen molar-refractivity contribution >= 4 is 29.1 Å². The summed E-state index contributed by atoms with van der Waals surface area (Å²) in [5.74, 6) is 0.351. The third kappa shape index (κ3) is 5.87. The molecule has 0 saturated heterocycles. The molecule has 2 N–H and O–H groups in total. The Kier molecular flexibility index (Phi) is 7.66.